The SMILES string of the molecule is CC(C)N(C(C)C)P(OCCCOCSC(=O)c1cc[n+](C)cc1)N(C(C)C)C(C)C. The predicted molar refractivity (Wildman–Crippen MR) is 132 cm³/mol. The lowest BCUT2D eigenvalue weighted by Gasteiger charge is -2.45. The Bertz CT molecular complexity index is 605. The number of pyridine rings is 1. The van der Waals surface area contributed by atoms with E-state index in [0.717, 1.165) is 6.42 Å². The van der Waals surface area contributed by atoms with Gasteiger partial charge in [0.2, 0.25) is 5.12 Å². The summed E-state index contributed by atoms with van der Waals surface area (Å²) in [5, 5.41) is 0.0365. The van der Waals surface area contributed by atoms with E-state index in [-0.39, 0.29) is 5.12 Å². The fraction of sp³-hybridized carbons (Fsp3) is 0.739. The van der Waals surface area contributed by atoms with Crippen molar-refractivity contribution in [3.05, 3.63) is 30.1 Å². The van der Waals surface area contributed by atoms with Crippen molar-refractivity contribution >= 4 is 25.3 Å². The third-order valence-corrected chi connectivity index (χ3v) is 8.47. The first kappa shape index (κ1) is 28.5. The van der Waals surface area contributed by atoms with Gasteiger partial charge in [0.1, 0.15) is 7.05 Å². The molecule has 0 aromatic carbocycles. The van der Waals surface area contributed by atoms with E-state index < -0.39 is 8.45 Å². The van der Waals surface area contributed by atoms with Crippen LogP contribution in [0.1, 0.15) is 72.2 Å². The van der Waals surface area contributed by atoms with E-state index in [0.29, 0.717) is 48.9 Å². The molecule has 0 unspecified atom stereocenters. The smallest absolute Gasteiger partial charge is 0.222 e. The molecule has 0 aliphatic rings. The van der Waals surface area contributed by atoms with Gasteiger partial charge >= 0.3 is 0 Å². The first-order valence-corrected chi connectivity index (χ1v) is 13.4. The summed E-state index contributed by atoms with van der Waals surface area (Å²) >= 11 is 1.20. The van der Waals surface area contributed by atoms with Crippen LogP contribution in [0, 0.1) is 0 Å². The van der Waals surface area contributed by atoms with E-state index in [2.05, 4.69) is 64.7 Å². The van der Waals surface area contributed by atoms with Crippen molar-refractivity contribution in [1.82, 2.24) is 9.34 Å². The maximum absolute atomic E-state index is 12.2. The minimum Gasteiger partial charge on any atom is -0.370 e. The van der Waals surface area contributed by atoms with E-state index in [1.165, 1.54) is 11.8 Å². The highest BCUT2D eigenvalue weighted by Gasteiger charge is 2.34. The van der Waals surface area contributed by atoms with E-state index in [1.54, 1.807) is 0 Å². The van der Waals surface area contributed by atoms with Crippen molar-refractivity contribution in [3.63, 3.8) is 0 Å². The van der Waals surface area contributed by atoms with Gasteiger partial charge in [-0.2, -0.15) is 0 Å². The zero-order chi connectivity index (χ0) is 23.6. The molecule has 0 radical (unpaired) electrons. The molecule has 1 aromatic heterocycles. The summed E-state index contributed by atoms with van der Waals surface area (Å²) in [6, 6.07) is 5.29. The fourth-order valence-corrected chi connectivity index (χ4v) is 6.41. The summed E-state index contributed by atoms with van der Waals surface area (Å²) in [4.78, 5) is 12.2. The molecule has 0 saturated carbocycles. The number of nitrogens with zero attached hydrogens (tertiary/aromatic N) is 3. The Kier molecular flexibility index (Phi) is 13.4. The highest BCUT2D eigenvalue weighted by Crippen LogP contribution is 2.50. The summed E-state index contributed by atoms with van der Waals surface area (Å²) in [6.07, 6.45) is 4.56. The summed E-state index contributed by atoms with van der Waals surface area (Å²) in [6.45, 7) is 19.1. The molecule has 0 saturated heterocycles. The number of hydrogen-bond acceptors (Lipinski definition) is 6. The van der Waals surface area contributed by atoms with Crippen molar-refractivity contribution in [2.45, 2.75) is 86.0 Å². The molecule has 0 aliphatic carbocycles. The molecule has 178 valence electrons. The highest BCUT2D eigenvalue weighted by atomic mass is 32.2. The number of rotatable bonds is 14. The summed E-state index contributed by atoms with van der Waals surface area (Å²) in [5.74, 6) is 0.364. The lowest BCUT2D eigenvalue weighted by molar-refractivity contribution is -0.671. The molecule has 1 rings (SSSR count). The van der Waals surface area contributed by atoms with Gasteiger partial charge in [-0.15, -0.1) is 0 Å². The number of aromatic nitrogens is 1. The van der Waals surface area contributed by atoms with Gasteiger partial charge < -0.3 is 9.26 Å². The molecule has 6 nitrogen and oxygen atoms in total. The normalized spacial score (nSPS) is 12.5. The topological polar surface area (TPSA) is 45.9 Å². The van der Waals surface area contributed by atoms with E-state index in [9.17, 15) is 4.79 Å². The van der Waals surface area contributed by atoms with Crippen molar-refractivity contribution < 1.29 is 18.6 Å². The van der Waals surface area contributed by atoms with Crippen molar-refractivity contribution in [2.24, 2.45) is 7.05 Å². The van der Waals surface area contributed by atoms with Gasteiger partial charge in [-0.1, -0.05) is 11.8 Å². The van der Waals surface area contributed by atoms with Gasteiger partial charge in [0.15, 0.2) is 20.8 Å². The molecule has 0 spiro atoms. The van der Waals surface area contributed by atoms with Gasteiger partial charge in [0, 0.05) is 48.5 Å². The number of carbonyl (C=O) groups excluding carboxylic acids is 1. The van der Waals surface area contributed by atoms with Crippen LogP contribution in [-0.4, -0.2) is 57.8 Å². The van der Waals surface area contributed by atoms with Gasteiger partial charge in [-0.25, -0.2) is 13.9 Å². The molecule has 1 aromatic rings. The molecule has 0 amide bonds. The fourth-order valence-electron chi connectivity index (χ4n) is 3.42. The van der Waals surface area contributed by atoms with Gasteiger partial charge in [0.25, 0.3) is 0 Å². The number of thioether (sulfide) groups is 1. The maximum Gasteiger partial charge on any atom is 0.222 e. The van der Waals surface area contributed by atoms with Crippen LogP contribution in [0.2, 0.25) is 0 Å². The maximum atomic E-state index is 12.2. The average molecular weight is 473 g/mol. The number of hydrogen-bond donors (Lipinski definition) is 0. The van der Waals surface area contributed by atoms with Crippen LogP contribution in [0.15, 0.2) is 24.5 Å². The molecule has 0 atom stereocenters. The Morgan fingerprint density at radius 3 is 1.87 bits per heavy atom. The molecule has 1 heterocycles. The molecule has 0 fully saturated rings. The molecule has 31 heavy (non-hydrogen) atoms. The number of ether oxygens (including phenoxy) is 1. The molecular weight excluding hydrogens is 429 g/mol. The van der Waals surface area contributed by atoms with E-state index in [1.807, 2.05) is 36.1 Å². The third kappa shape index (κ3) is 9.85. The van der Waals surface area contributed by atoms with Crippen molar-refractivity contribution in [2.75, 3.05) is 19.2 Å². The average Bonchev–Trinajstić information content (AvgIpc) is 2.66. The van der Waals surface area contributed by atoms with Crippen LogP contribution in [0.5, 0.6) is 0 Å². The second-order valence-corrected chi connectivity index (χ2v) is 11.4. The minimum atomic E-state index is -0.863. The van der Waals surface area contributed by atoms with Crippen LogP contribution >= 0.6 is 20.2 Å². The Morgan fingerprint density at radius 1 is 0.935 bits per heavy atom. The Labute approximate surface area is 195 Å². The van der Waals surface area contributed by atoms with Crippen molar-refractivity contribution in [3.8, 4) is 0 Å². The van der Waals surface area contributed by atoms with E-state index in [4.69, 9.17) is 9.26 Å². The van der Waals surface area contributed by atoms with Gasteiger partial charge in [-0.05, 0) is 61.8 Å². The second kappa shape index (κ2) is 14.6. The highest BCUT2D eigenvalue weighted by molar-refractivity contribution is 8.14. The first-order valence-electron chi connectivity index (χ1n) is 11.3. The van der Waals surface area contributed by atoms with Gasteiger partial charge in [-0.3, -0.25) is 4.79 Å². The second-order valence-electron chi connectivity index (χ2n) is 8.78. The molecular formula is C23H43N3O3PS+. The predicted octanol–water partition coefficient (Wildman–Crippen LogP) is 5.23. The Hall–Kier alpha value is -0.560. The zero-order valence-corrected chi connectivity index (χ0v) is 22.6. The molecule has 0 aliphatic heterocycles. The zero-order valence-electron chi connectivity index (χ0n) is 20.9. The van der Waals surface area contributed by atoms with Gasteiger partial charge in [0.05, 0.1) is 12.5 Å². The standard InChI is InChI=1S/C23H43N3O3PS/c1-18(2)25(19(3)4)30(26(20(5)6)21(7)8)29-16-10-15-28-17-31-23(27)22-11-13-24(9)14-12-22/h11-14,18-21H,10,15-17H2,1-9H3/q+1. The first-order chi connectivity index (χ1) is 14.6. The molecule has 0 bridgehead atoms. The van der Waals surface area contributed by atoms with Crippen LogP contribution in [0.25, 0.3) is 0 Å². The summed E-state index contributed by atoms with van der Waals surface area (Å²) in [7, 11) is 1.07. The van der Waals surface area contributed by atoms with E-state index >= 15 is 0 Å². The van der Waals surface area contributed by atoms with Crippen LogP contribution in [0.3, 0.4) is 0 Å². The summed E-state index contributed by atoms with van der Waals surface area (Å²) < 4.78 is 19.0. The van der Waals surface area contributed by atoms with Crippen LogP contribution < -0.4 is 4.57 Å². The van der Waals surface area contributed by atoms with Crippen LogP contribution in [0.4, 0.5) is 0 Å². The third-order valence-electron chi connectivity index (χ3n) is 4.64. The lowest BCUT2D eigenvalue weighted by Crippen LogP contribution is -2.43. The van der Waals surface area contributed by atoms with Crippen molar-refractivity contribution in [1.29, 1.82) is 0 Å². The lowest BCUT2D eigenvalue weighted by atomic mass is 10.3. The minimum absolute atomic E-state index is 0.0365. The Balaban J connectivity index is 2.50. The monoisotopic (exact) mass is 472 g/mol. The number of aryl methyl sites for hydroxylation is 1. The molecule has 8 heteroatoms. The molecule has 0 N–H and O–H groups in total. The number of carbonyl (C=O) groups is 1. The largest absolute Gasteiger partial charge is 0.370 e. The Morgan fingerprint density at radius 2 is 1.42 bits per heavy atom. The summed E-state index contributed by atoms with van der Waals surface area (Å²) in [5.41, 5.74) is 0.700. The van der Waals surface area contributed by atoms with Crippen LogP contribution in [-0.2, 0) is 16.3 Å². The quantitative estimate of drug-likeness (QED) is 0.160.